The second kappa shape index (κ2) is 4.96. The minimum Gasteiger partial charge on any atom is -0.339 e. The normalized spacial score (nSPS) is 20.9. The van der Waals surface area contributed by atoms with Crippen LogP contribution in [-0.4, -0.2) is 46.5 Å². The smallest absolute Gasteiger partial charge is 0.242 e. The Morgan fingerprint density at radius 2 is 2.12 bits per heavy atom. The second-order valence-electron chi connectivity index (χ2n) is 5.49. The van der Waals surface area contributed by atoms with E-state index in [1.54, 1.807) is 0 Å². The van der Waals surface area contributed by atoms with E-state index in [-0.39, 0.29) is 10.7 Å². The van der Waals surface area contributed by atoms with E-state index >= 15 is 0 Å². The SMILES string of the molecule is CCNC(C)(C)C(=O)N1CCSC(C)(C)C1. The van der Waals surface area contributed by atoms with Crippen molar-refractivity contribution in [3.63, 3.8) is 0 Å². The highest BCUT2D eigenvalue weighted by Crippen LogP contribution is 2.30. The molecule has 1 aliphatic rings. The zero-order chi connectivity index (χ0) is 12.4. The number of nitrogens with zero attached hydrogens (tertiary/aromatic N) is 1. The Morgan fingerprint density at radius 3 is 2.62 bits per heavy atom. The number of carbonyl (C=O) groups is 1. The van der Waals surface area contributed by atoms with Gasteiger partial charge in [0.15, 0.2) is 0 Å². The van der Waals surface area contributed by atoms with E-state index < -0.39 is 5.54 Å². The van der Waals surface area contributed by atoms with E-state index in [1.165, 1.54) is 0 Å². The molecule has 1 fully saturated rings. The van der Waals surface area contributed by atoms with E-state index in [1.807, 2.05) is 37.4 Å². The summed E-state index contributed by atoms with van der Waals surface area (Å²) in [6.07, 6.45) is 0. The molecule has 0 unspecified atom stereocenters. The lowest BCUT2D eigenvalue weighted by molar-refractivity contribution is -0.137. The summed E-state index contributed by atoms with van der Waals surface area (Å²) >= 11 is 1.95. The third-order valence-electron chi connectivity index (χ3n) is 2.87. The zero-order valence-electron chi connectivity index (χ0n) is 11.1. The van der Waals surface area contributed by atoms with E-state index in [0.29, 0.717) is 0 Å². The van der Waals surface area contributed by atoms with Crippen molar-refractivity contribution in [2.45, 2.75) is 44.9 Å². The average Bonchev–Trinajstić information content (AvgIpc) is 2.15. The van der Waals surface area contributed by atoms with Crippen LogP contribution in [0, 0.1) is 0 Å². The average molecular weight is 244 g/mol. The molecule has 4 heteroatoms. The van der Waals surface area contributed by atoms with Crippen LogP contribution in [0.4, 0.5) is 0 Å². The molecule has 0 atom stereocenters. The fraction of sp³-hybridized carbons (Fsp3) is 0.917. The molecule has 1 aliphatic heterocycles. The van der Waals surface area contributed by atoms with Gasteiger partial charge in [0.2, 0.25) is 5.91 Å². The first-order valence-electron chi connectivity index (χ1n) is 5.97. The Kier molecular flexibility index (Phi) is 4.29. The summed E-state index contributed by atoms with van der Waals surface area (Å²) in [6.45, 7) is 12.9. The van der Waals surface area contributed by atoms with Crippen molar-refractivity contribution >= 4 is 17.7 Å². The quantitative estimate of drug-likeness (QED) is 0.820. The first kappa shape index (κ1) is 13.8. The largest absolute Gasteiger partial charge is 0.339 e. The molecule has 94 valence electrons. The number of hydrogen-bond donors (Lipinski definition) is 1. The van der Waals surface area contributed by atoms with Crippen molar-refractivity contribution in [2.75, 3.05) is 25.4 Å². The predicted octanol–water partition coefficient (Wildman–Crippen LogP) is 1.73. The lowest BCUT2D eigenvalue weighted by atomic mass is 10.0. The van der Waals surface area contributed by atoms with Crippen LogP contribution in [0.3, 0.4) is 0 Å². The van der Waals surface area contributed by atoms with Gasteiger partial charge < -0.3 is 10.2 Å². The van der Waals surface area contributed by atoms with Crippen molar-refractivity contribution in [3.8, 4) is 0 Å². The highest BCUT2D eigenvalue weighted by atomic mass is 32.2. The number of rotatable bonds is 3. The lowest BCUT2D eigenvalue weighted by Crippen LogP contribution is -2.58. The Bertz CT molecular complexity index is 264. The van der Waals surface area contributed by atoms with Crippen LogP contribution in [0.15, 0.2) is 0 Å². The summed E-state index contributed by atoms with van der Waals surface area (Å²) in [5, 5.41) is 3.25. The fourth-order valence-electron chi connectivity index (χ4n) is 2.10. The van der Waals surface area contributed by atoms with Crippen molar-refractivity contribution in [3.05, 3.63) is 0 Å². The number of likely N-dealkylation sites (N-methyl/N-ethyl adjacent to an activating group) is 1. The van der Waals surface area contributed by atoms with Crippen LogP contribution in [-0.2, 0) is 4.79 Å². The molecule has 1 heterocycles. The number of amides is 1. The summed E-state index contributed by atoms with van der Waals surface area (Å²) in [5.74, 6) is 1.27. The molecule has 0 bridgehead atoms. The molecule has 0 aliphatic carbocycles. The molecule has 0 radical (unpaired) electrons. The molecule has 1 saturated heterocycles. The van der Waals surface area contributed by atoms with Crippen LogP contribution >= 0.6 is 11.8 Å². The van der Waals surface area contributed by atoms with Gasteiger partial charge in [-0.1, -0.05) is 6.92 Å². The minimum atomic E-state index is -0.438. The van der Waals surface area contributed by atoms with Crippen LogP contribution in [0.25, 0.3) is 0 Å². The van der Waals surface area contributed by atoms with Crippen LogP contribution < -0.4 is 5.32 Å². The van der Waals surface area contributed by atoms with E-state index in [4.69, 9.17) is 0 Å². The van der Waals surface area contributed by atoms with Gasteiger partial charge in [0.05, 0.1) is 5.54 Å². The molecule has 0 spiro atoms. The Morgan fingerprint density at radius 1 is 1.50 bits per heavy atom. The second-order valence-corrected chi connectivity index (χ2v) is 7.29. The predicted molar refractivity (Wildman–Crippen MR) is 70.9 cm³/mol. The van der Waals surface area contributed by atoms with Gasteiger partial charge in [-0.05, 0) is 34.2 Å². The van der Waals surface area contributed by atoms with Gasteiger partial charge in [-0.25, -0.2) is 0 Å². The standard InChI is InChI=1S/C12H24N2OS/c1-6-13-12(4,5)10(15)14-7-8-16-11(2,3)9-14/h13H,6-9H2,1-5H3. The third-order valence-corrected chi connectivity index (χ3v) is 4.16. The van der Waals surface area contributed by atoms with Gasteiger partial charge in [0.1, 0.15) is 0 Å². The Balaban J connectivity index is 2.67. The molecule has 1 rings (SSSR count). The van der Waals surface area contributed by atoms with Crippen LogP contribution in [0.2, 0.25) is 0 Å². The van der Waals surface area contributed by atoms with Crippen molar-refractivity contribution in [1.29, 1.82) is 0 Å². The molecule has 0 saturated carbocycles. The van der Waals surface area contributed by atoms with Gasteiger partial charge in [-0.15, -0.1) is 0 Å². The summed E-state index contributed by atoms with van der Waals surface area (Å²) in [5.41, 5.74) is -0.438. The maximum Gasteiger partial charge on any atom is 0.242 e. The topological polar surface area (TPSA) is 32.3 Å². The lowest BCUT2D eigenvalue weighted by Gasteiger charge is -2.41. The van der Waals surface area contributed by atoms with Crippen molar-refractivity contribution in [1.82, 2.24) is 10.2 Å². The number of carbonyl (C=O) groups excluding carboxylic acids is 1. The maximum atomic E-state index is 12.4. The Labute approximate surface area is 103 Å². The summed E-state index contributed by atoms with van der Waals surface area (Å²) in [4.78, 5) is 14.4. The number of thioether (sulfide) groups is 1. The van der Waals surface area contributed by atoms with Gasteiger partial charge in [0, 0.05) is 23.6 Å². The minimum absolute atomic E-state index is 0.191. The maximum absolute atomic E-state index is 12.4. The molecular weight excluding hydrogens is 220 g/mol. The highest BCUT2D eigenvalue weighted by Gasteiger charge is 2.36. The molecule has 1 N–H and O–H groups in total. The molecule has 1 amide bonds. The van der Waals surface area contributed by atoms with E-state index in [0.717, 1.165) is 25.4 Å². The number of hydrogen-bond acceptors (Lipinski definition) is 3. The molecule has 0 aromatic rings. The first-order chi connectivity index (χ1) is 7.28. The fourth-order valence-corrected chi connectivity index (χ4v) is 3.21. The molecule has 3 nitrogen and oxygen atoms in total. The Hall–Kier alpha value is -0.220. The van der Waals surface area contributed by atoms with Crippen LogP contribution in [0.1, 0.15) is 34.6 Å². The van der Waals surface area contributed by atoms with Gasteiger partial charge in [-0.2, -0.15) is 11.8 Å². The molecule has 0 aromatic heterocycles. The van der Waals surface area contributed by atoms with E-state index in [9.17, 15) is 4.79 Å². The summed E-state index contributed by atoms with van der Waals surface area (Å²) < 4.78 is 0.191. The first-order valence-corrected chi connectivity index (χ1v) is 6.95. The monoisotopic (exact) mass is 244 g/mol. The molecule has 16 heavy (non-hydrogen) atoms. The third kappa shape index (κ3) is 3.39. The van der Waals surface area contributed by atoms with Gasteiger partial charge in [-0.3, -0.25) is 4.79 Å². The van der Waals surface area contributed by atoms with Crippen molar-refractivity contribution in [2.24, 2.45) is 0 Å². The van der Waals surface area contributed by atoms with Crippen LogP contribution in [0.5, 0.6) is 0 Å². The highest BCUT2D eigenvalue weighted by molar-refractivity contribution is 8.00. The number of nitrogens with one attached hydrogen (secondary N) is 1. The molecule has 0 aromatic carbocycles. The summed E-state index contributed by atoms with van der Waals surface area (Å²) in [7, 11) is 0. The van der Waals surface area contributed by atoms with E-state index in [2.05, 4.69) is 19.2 Å². The zero-order valence-corrected chi connectivity index (χ0v) is 11.9. The van der Waals surface area contributed by atoms with Crippen molar-refractivity contribution < 1.29 is 4.79 Å². The van der Waals surface area contributed by atoms with Gasteiger partial charge in [0.25, 0.3) is 0 Å². The molecular formula is C12H24N2OS. The summed E-state index contributed by atoms with van der Waals surface area (Å²) in [6, 6.07) is 0. The van der Waals surface area contributed by atoms with Gasteiger partial charge >= 0.3 is 0 Å².